The summed E-state index contributed by atoms with van der Waals surface area (Å²) in [5, 5.41) is 9.37. The highest BCUT2D eigenvalue weighted by Gasteiger charge is 2.08. The number of nitrogens with one attached hydrogen (secondary N) is 2. The van der Waals surface area contributed by atoms with Crippen molar-refractivity contribution in [1.29, 1.82) is 0 Å². The number of aryl methyl sites for hydroxylation is 1. The van der Waals surface area contributed by atoms with Crippen molar-refractivity contribution in [3.63, 3.8) is 0 Å². The molecule has 2 heterocycles. The van der Waals surface area contributed by atoms with Gasteiger partial charge in [-0.1, -0.05) is 11.6 Å². The highest BCUT2D eigenvalue weighted by molar-refractivity contribution is 6.31. The highest BCUT2D eigenvalue weighted by atomic mass is 35.5. The van der Waals surface area contributed by atoms with Crippen LogP contribution in [0.2, 0.25) is 5.02 Å². The molecule has 0 fully saturated rings. The Labute approximate surface area is 164 Å². The molecule has 28 heavy (non-hydrogen) atoms. The van der Waals surface area contributed by atoms with Gasteiger partial charge in [-0.3, -0.25) is 9.67 Å². The SMILES string of the molecule is Cn1cc(-c2cnc3ccc(NC(=O)Nc4ccc(F)c(Cl)c4)cc3n2)cn1. The fourth-order valence-corrected chi connectivity index (χ4v) is 2.83. The second-order valence-electron chi connectivity index (χ2n) is 6.07. The van der Waals surface area contributed by atoms with Gasteiger partial charge in [-0.05, 0) is 36.4 Å². The number of amides is 2. The molecule has 7 nitrogen and oxygen atoms in total. The molecule has 2 aromatic carbocycles. The number of fused-ring (bicyclic) bond motifs is 1. The molecular weight excluding hydrogens is 383 g/mol. The monoisotopic (exact) mass is 396 g/mol. The lowest BCUT2D eigenvalue weighted by molar-refractivity contribution is 0.262. The van der Waals surface area contributed by atoms with Crippen LogP contribution in [0, 0.1) is 5.82 Å². The van der Waals surface area contributed by atoms with Crippen molar-refractivity contribution >= 4 is 40.0 Å². The Morgan fingerprint density at radius 1 is 1.07 bits per heavy atom. The molecule has 2 aromatic heterocycles. The molecule has 0 aliphatic carbocycles. The smallest absolute Gasteiger partial charge is 0.308 e. The molecule has 4 aromatic rings. The van der Waals surface area contributed by atoms with Crippen molar-refractivity contribution in [1.82, 2.24) is 19.7 Å². The molecule has 0 bridgehead atoms. The van der Waals surface area contributed by atoms with Crippen LogP contribution in [-0.2, 0) is 7.05 Å². The van der Waals surface area contributed by atoms with E-state index in [4.69, 9.17) is 11.6 Å². The number of benzene rings is 2. The van der Waals surface area contributed by atoms with E-state index in [1.807, 2.05) is 13.2 Å². The molecule has 2 amide bonds. The Bertz CT molecular complexity index is 1190. The van der Waals surface area contributed by atoms with E-state index in [9.17, 15) is 9.18 Å². The second-order valence-corrected chi connectivity index (χ2v) is 6.48. The molecular formula is C19H14ClFN6O. The quantitative estimate of drug-likeness (QED) is 0.535. The number of urea groups is 1. The summed E-state index contributed by atoms with van der Waals surface area (Å²) >= 11 is 5.72. The third kappa shape index (κ3) is 3.77. The summed E-state index contributed by atoms with van der Waals surface area (Å²) in [5.41, 5.74) is 3.77. The van der Waals surface area contributed by atoms with Gasteiger partial charge < -0.3 is 10.6 Å². The zero-order valence-electron chi connectivity index (χ0n) is 14.6. The summed E-state index contributed by atoms with van der Waals surface area (Å²) in [7, 11) is 1.83. The van der Waals surface area contributed by atoms with Crippen LogP contribution in [0.25, 0.3) is 22.3 Å². The molecule has 140 valence electrons. The van der Waals surface area contributed by atoms with Gasteiger partial charge in [-0.25, -0.2) is 14.2 Å². The van der Waals surface area contributed by atoms with Gasteiger partial charge in [0.25, 0.3) is 0 Å². The molecule has 9 heteroatoms. The van der Waals surface area contributed by atoms with Crippen LogP contribution in [0.1, 0.15) is 0 Å². The Hall–Kier alpha value is -3.52. The van der Waals surface area contributed by atoms with E-state index in [1.54, 1.807) is 35.3 Å². The number of halogens is 2. The van der Waals surface area contributed by atoms with E-state index < -0.39 is 11.8 Å². The molecule has 0 radical (unpaired) electrons. The molecule has 0 aliphatic heterocycles. The molecule has 0 saturated heterocycles. The average molecular weight is 397 g/mol. The molecule has 0 saturated carbocycles. The number of hydrogen-bond acceptors (Lipinski definition) is 4. The summed E-state index contributed by atoms with van der Waals surface area (Å²) in [6.45, 7) is 0. The maximum atomic E-state index is 13.2. The number of nitrogens with zero attached hydrogens (tertiary/aromatic N) is 4. The topological polar surface area (TPSA) is 84.7 Å². The number of carbonyl (C=O) groups is 1. The predicted molar refractivity (Wildman–Crippen MR) is 106 cm³/mol. The van der Waals surface area contributed by atoms with Gasteiger partial charge in [-0.15, -0.1) is 0 Å². The first-order chi connectivity index (χ1) is 13.5. The molecule has 0 aliphatic rings. The first kappa shape index (κ1) is 17.9. The normalized spacial score (nSPS) is 10.8. The zero-order chi connectivity index (χ0) is 19.7. The third-order valence-corrected chi connectivity index (χ3v) is 4.27. The molecule has 0 atom stereocenters. The molecule has 2 N–H and O–H groups in total. The van der Waals surface area contributed by atoms with Gasteiger partial charge in [0.05, 0.1) is 34.1 Å². The second kappa shape index (κ2) is 7.24. The lowest BCUT2D eigenvalue weighted by Crippen LogP contribution is -2.19. The molecule has 0 unspecified atom stereocenters. The number of rotatable bonds is 3. The zero-order valence-corrected chi connectivity index (χ0v) is 15.4. The highest BCUT2D eigenvalue weighted by Crippen LogP contribution is 2.22. The van der Waals surface area contributed by atoms with Crippen molar-refractivity contribution in [3.05, 3.63) is 65.8 Å². The lowest BCUT2D eigenvalue weighted by atomic mass is 10.2. The Kier molecular flexibility index (Phi) is 4.62. The van der Waals surface area contributed by atoms with Gasteiger partial charge in [0.1, 0.15) is 5.82 Å². The predicted octanol–water partition coefficient (Wildman–Crippen LogP) is 4.47. The van der Waals surface area contributed by atoms with Crippen LogP contribution in [0.5, 0.6) is 0 Å². The Morgan fingerprint density at radius 2 is 1.82 bits per heavy atom. The average Bonchev–Trinajstić information content (AvgIpc) is 3.10. The van der Waals surface area contributed by atoms with Crippen LogP contribution in [-0.4, -0.2) is 25.8 Å². The summed E-state index contributed by atoms with van der Waals surface area (Å²) in [5.74, 6) is -0.551. The lowest BCUT2D eigenvalue weighted by Gasteiger charge is -2.09. The molecule has 4 rings (SSSR count). The number of carbonyl (C=O) groups excluding carboxylic acids is 1. The maximum absolute atomic E-state index is 13.2. The van der Waals surface area contributed by atoms with Crippen molar-refractivity contribution in [3.8, 4) is 11.3 Å². The number of aromatic nitrogens is 4. The Morgan fingerprint density at radius 3 is 2.54 bits per heavy atom. The summed E-state index contributed by atoms with van der Waals surface area (Å²) in [6, 6.07) is 8.66. The maximum Gasteiger partial charge on any atom is 0.323 e. The number of hydrogen-bond donors (Lipinski definition) is 2. The van der Waals surface area contributed by atoms with Gasteiger partial charge >= 0.3 is 6.03 Å². The van der Waals surface area contributed by atoms with E-state index in [1.165, 1.54) is 18.2 Å². The van der Waals surface area contributed by atoms with Crippen LogP contribution in [0.4, 0.5) is 20.6 Å². The minimum Gasteiger partial charge on any atom is -0.308 e. The van der Waals surface area contributed by atoms with Crippen molar-refractivity contribution < 1.29 is 9.18 Å². The van der Waals surface area contributed by atoms with Crippen LogP contribution >= 0.6 is 11.6 Å². The number of anilines is 2. The summed E-state index contributed by atoms with van der Waals surface area (Å²) in [6.07, 6.45) is 5.23. The van der Waals surface area contributed by atoms with E-state index >= 15 is 0 Å². The minimum atomic E-state index is -0.551. The van der Waals surface area contributed by atoms with Gasteiger partial charge in [0.2, 0.25) is 0 Å². The third-order valence-electron chi connectivity index (χ3n) is 3.98. The Balaban J connectivity index is 1.54. The fourth-order valence-electron chi connectivity index (χ4n) is 2.65. The van der Waals surface area contributed by atoms with Crippen molar-refractivity contribution in [2.24, 2.45) is 7.05 Å². The van der Waals surface area contributed by atoms with Crippen molar-refractivity contribution in [2.75, 3.05) is 10.6 Å². The molecule has 0 spiro atoms. The van der Waals surface area contributed by atoms with Crippen molar-refractivity contribution in [2.45, 2.75) is 0 Å². The van der Waals surface area contributed by atoms with Gasteiger partial charge in [0.15, 0.2) is 0 Å². The minimum absolute atomic E-state index is 0.0679. The van der Waals surface area contributed by atoms with Crippen LogP contribution in [0.15, 0.2) is 55.0 Å². The van der Waals surface area contributed by atoms with E-state index in [-0.39, 0.29) is 5.02 Å². The first-order valence-electron chi connectivity index (χ1n) is 8.27. The standard InChI is InChI=1S/C19H14ClFN6O/c1-27-10-11(8-23-27)18-9-22-16-5-3-13(7-17(16)26-18)25-19(28)24-12-2-4-15(21)14(20)6-12/h2-10H,1H3,(H2,24,25,28). The summed E-state index contributed by atoms with van der Waals surface area (Å²) in [4.78, 5) is 21.2. The van der Waals surface area contributed by atoms with E-state index in [0.29, 0.717) is 28.1 Å². The first-order valence-corrected chi connectivity index (χ1v) is 8.64. The van der Waals surface area contributed by atoms with E-state index in [2.05, 4.69) is 25.7 Å². The summed E-state index contributed by atoms with van der Waals surface area (Å²) < 4.78 is 14.9. The van der Waals surface area contributed by atoms with Crippen LogP contribution < -0.4 is 10.6 Å². The van der Waals surface area contributed by atoms with Gasteiger partial charge in [-0.2, -0.15) is 5.10 Å². The van der Waals surface area contributed by atoms with Gasteiger partial charge in [0, 0.05) is 30.2 Å². The van der Waals surface area contributed by atoms with Crippen LogP contribution in [0.3, 0.4) is 0 Å². The fraction of sp³-hybridized carbons (Fsp3) is 0.0526. The largest absolute Gasteiger partial charge is 0.323 e. The van der Waals surface area contributed by atoms with E-state index in [0.717, 1.165) is 5.56 Å².